The van der Waals surface area contributed by atoms with E-state index in [1.807, 2.05) is 0 Å². The van der Waals surface area contributed by atoms with Gasteiger partial charge in [-0.2, -0.15) is 0 Å². The monoisotopic (exact) mass is 211 g/mol. The summed E-state index contributed by atoms with van der Waals surface area (Å²) in [6.45, 7) is 2.50. The largest absolute Gasteiger partial charge is 0.395 e. The molecule has 0 fully saturated rings. The first-order chi connectivity index (χ1) is 7.26. The van der Waals surface area contributed by atoms with Gasteiger partial charge < -0.3 is 10.4 Å². The standard InChI is InChI=1S/C10H17N3O2/c1-2-3-4-8-7-9(15)13-10(12-8)11-5-6-14/h7,14H,2-6H2,1H3,(H2,11,12,13,15). The van der Waals surface area contributed by atoms with Gasteiger partial charge in [0.05, 0.1) is 6.61 Å². The fourth-order valence-corrected chi connectivity index (χ4v) is 1.25. The summed E-state index contributed by atoms with van der Waals surface area (Å²) < 4.78 is 0. The van der Waals surface area contributed by atoms with Gasteiger partial charge in [0.25, 0.3) is 5.56 Å². The van der Waals surface area contributed by atoms with E-state index in [0.29, 0.717) is 12.5 Å². The molecule has 0 saturated heterocycles. The summed E-state index contributed by atoms with van der Waals surface area (Å²) in [6.07, 6.45) is 2.91. The molecule has 5 nitrogen and oxygen atoms in total. The third kappa shape index (κ3) is 4.12. The van der Waals surface area contributed by atoms with Crippen LogP contribution >= 0.6 is 0 Å². The van der Waals surface area contributed by atoms with Gasteiger partial charge in [-0.25, -0.2) is 4.98 Å². The normalized spacial score (nSPS) is 10.3. The van der Waals surface area contributed by atoms with Crippen molar-refractivity contribution in [2.75, 3.05) is 18.5 Å². The highest BCUT2D eigenvalue weighted by Crippen LogP contribution is 2.01. The number of aliphatic hydroxyl groups excluding tert-OH is 1. The maximum absolute atomic E-state index is 11.2. The van der Waals surface area contributed by atoms with Gasteiger partial charge in [0.1, 0.15) is 0 Å². The lowest BCUT2D eigenvalue weighted by molar-refractivity contribution is 0.310. The van der Waals surface area contributed by atoms with Crippen molar-refractivity contribution in [3.63, 3.8) is 0 Å². The number of unbranched alkanes of at least 4 members (excludes halogenated alkanes) is 1. The number of rotatable bonds is 6. The van der Waals surface area contributed by atoms with E-state index in [0.717, 1.165) is 25.0 Å². The molecule has 84 valence electrons. The lowest BCUT2D eigenvalue weighted by Crippen LogP contribution is -2.16. The molecule has 0 aliphatic carbocycles. The van der Waals surface area contributed by atoms with Gasteiger partial charge in [-0.3, -0.25) is 9.78 Å². The van der Waals surface area contributed by atoms with Crippen LogP contribution in [0.2, 0.25) is 0 Å². The molecular formula is C10H17N3O2. The molecule has 0 aliphatic heterocycles. The van der Waals surface area contributed by atoms with E-state index < -0.39 is 0 Å². The van der Waals surface area contributed by atoms with Gasteiger partial charge in [-0.15, -0.1) is 0 Å². The zero-order valence-electron chi connectivity index (χ0n) is 8.92. The van der Waals surface area contributed by atoms with Crippen LogP contribution in [0.25, 0.3) is 0 Å². The summed E-state index contributed by atoms with van der Waals surface area (Å²) in [7, 11) is 0. The van der Waals surface area contributed by atoms with E-state index in [1.165, 1.54) is 6.07 Å². The fourth-order valence-electron chi connectivity index (χ4n) is 1.25. The van der Waals surface area contributed by atoms with Crippen LogP contribution in [0, 0.1) is 0 Å². The smallest absolute Gasteiger partial charge is 0.252 e. The number of aromatic nitrogens is 2. The molecule has 0 aliphatic rings. The molecule has 1 aromatic heterocycles. The molecule has 3 N–H and O–H groups in total. The van der Waals surface area contributed by atoms with Crippen molar-refractivity contribution < 1.29 is 5.11 Å². The molecule has 0 bridgehead atoms. The highest BCUT2D eigenvalue weighted by molar-refractivity contribution is 5.24. The Balaban J connectivity index is 2.71. The second-order valence-electron chi connectivity index (χ2n) is 3.34. The van der Waals surface area contributed by atoms with Crippen LogP contribution in [0.1, 0.15) is 25.5 Å². The molecule has 0 amide bonds. The highest BCUT2D eigenvalue weighted by Gasteiger charge is 2.00. The molecule has 0 aromatic carbocycles. The van der Waals surface area contributed by atoms with Crippen LogP contribution in [0.4, 0.5) is 5.95 Å². The van der Waals surface area contributed by atoms with E-state index in [9.17, 15) is 4.79 Å². The highest BCUT2D eigenvalue weighted by atomic mass is 16.3. The molecule has 0 atom stereocenters. The van der Waals surface area contributed by atoms with Crippen molar-refractivity contribution >= 4 is 5.95 Å². The Bertz CT molecular complexity index is 320. The summed E-state index contributed by atoms with van der Waals surface area (Å²) in [5, 5.41) is 11.5. The minimum atomic E-state index is -0.156. The predicted octanol–water partition coefficient (Wildman–Crippen LogP) is 0.517. The van der Waals surface area contributed by atoms with Gasteiger partial charge in [-0.1, -0.05) is 13.3 Å². The van der Waals surface area contributed by atoms with Crippen LogP contribution < -0.4 is 10.9 Å². The minimum absolute atomic E-state index is 0.0168. The molecule has 1 aromatic rings. The lowest BCUT2D eigenvalue weighted by atomic mass is 10.2. The number of aromatic amines is 1. The first kappa shape index (κ1) is 11.7. The number of nitrogens with one attached hydrogen (secondary N) is 2. The van der Waals surface area contributed by atoms with Gasteiger partial charge >= 0.3 is 0 Å². The van der Waals surface area contributed by atoms with Crippen molar-refractivity contribution in [1.29, 1.82) is 0 Å². The number of H-pyrrole nitrogens is 1. The number of nitrogens with zero attached hydrogens (tertiary/aromatic N) is 1. The molecule has 5 heteroatoms. The van der Waals surface area contributed by atoms with Crippen molar-refractivity contribution in [2.24, 2.45) is 0 Å². The van der Waals surface area contributed by atoms with E-state index in [1.54, 1.807) is 0 Å². The minimum Gasteiger partial charge on any atom is -0.395 e. The fraction of sp³-hybridized carbons (Fsp3) is 0.600. The van der Waals surface area contributed by atoms with Crippen molar-refractivity contribution in [3.8, 4) is 0 Å². The van der Waals surface area contributed by atoms with Gasteiger partial charge in [0.2, 0.25) is 5.95 Å². The zero-order valence-corrected chi connectivity index (χ0v) is 8.92. The Morgan fingerprint density at radius 2 is 2.40 bits per heavy atom. The van der Waals surface area contributed by atoms with Crippen LogP contribution in [-0.2, 0) is 6.42 Å². The Hall–Kier alpha value is -1.36. The average Bonchev–Trinajstić information content (AvgIpc) is 2.23. The van der Waals surface area contributed by atoms with Crippen molar-refractivity contribution in [3.05, 3.63) is 22.1 Å². The summed E-state index contributed by atoms with van der Waals surface area (Å²) in [5.41, 5.74) is 0.637. The Labute approximate surface area is 88.6 Å². The number of anilines is 1. The zero-order chi connectivity index (χ0) is 11.1. The predicted molar refractivity (Wildman–Crippen MR) is 59.0 cm³/mol. The van der Waals surface area contributed by atoms with E-state index in [2.05, 4.69) is 22.2 Å². The van der Waals surface area contributed by atoms with Gasteiger partial charge in [0, 0.05) is 18.3 Å². The molecule has 0 spiro atoms. The van der Waals surface area contributed by atoms with Crippen LogP contribution in [0.3, 0.4) is 0 Å². The van der Waals surface area contributed by atoms with Crippen LogP contribution in [-0.4, -0.2) is 28.2 Å². The van der Waals surface area contributed by atoms with E-state index >= 15 is 0 Å². The Morgan fingerprint density at radius 3 is 3.07 bits per heavy atom. The van der Waals surface area contributed by atoms with Crippen LogP contribution in [0.5, 0.6) is 0 Å². The maximum Gasteiger partial charge on any atom is 0.252 e. The summed E-state index contributed by atoms with van der Waals surface area (Å²) in [4.78, 5) is 18.0. The molecule has 0 radical (unpaired) electrons. The maximum atomic E-state index is 11.2. The molecule has 0 unspecified atom stereocenters. The Kier molecular flexibility index (Phi) is 4.83. The number of hydrogen-bond acceptors (Lipinski definition) is 4. The third-order valence-corrected chi connectivity index (χ3v) is 1.99. The summed E-state index contributed by atoms with van der Waals surface area (Å²) >= 11 is 0. The summed E-state index contributed by atoms with van der Waals surface area (Å²) in [5.74, 6) is 0.433. The van der Waals surface area contributed by atoms with Crippen molar-refractivity contribution in [1.82, 2.24) is 9.97 Å². The second kappa shape index (κ2) is 6.19. The second-order valence-corrected chi connectivity index (χ2v) is 3.34. The van der Waals surface area contributed by atoms with Gasteiger partial charge in [0.15, 0.2) is 0 Å². The SMILES string of the molecule is CCCCc1cc(=O)[nH]c(NCCO)n1. The summed E-state index contributed by atoms with van der Waals surface area (Å²) in [6, 6.07) is 1.51. The quantitative estimate of drug-likeness (QED) is 0.641. The average molecular weight is 211 g/mol. The lowest BCUT2D eigenvalue weighted by Gasteiger charge is -2.04. The van der Waals surface area contributed by atoms with Crippen LogP contribution in [0.15, 0.2) is 10.9 Å². The number of hydrogen-bond donors (Lipinski definition) is 3. The number of aliphatic hydroxyl groups is 1. The molecular weight excluding hydrogens is 194 g/mol. The third-order valence-electron chi connectivity index (χ3n) is 1.99. The Morgan fingerprint density at radius 1 is 1.60 bits per heavy atom. The van der Waals surface area contributed by atoms with Gasteiger partial charge in [-0.05, 0) is 12.8 Å². The molecule has 0 saturated carbocycles. The van der Waals surface area contributed by atoms with E-state index in [4.69, 9.17) is 5.11 Å². The number of aryl methyl sites for hydroxylation is 1. The van der Waals surface area contributed by atoms with E-state index in [-0.39, 0.29) is 12.2 Å². The first-order valence-electron chi connectivity index (χ1n) is 5.21. The molecule has 1 heterocycles. The first-order valence-corrected chi connectivity index (χ1v) is 5.21. The molecule has 15 heavy (non-hydrogen) atoms. The topological polar surface area (TPSA) is 78.0 Å². The van der Waals surface area contributed by atoms with Crippen molar-refractivity contribution in [2.45, 2.75) is 26.2 Å². The molecule has 1 rings (SSSR count).